The zero-order chi connectivity index (χ0) is 19.3. The normalized spacial score (nSPS) is 30.0. The molecule has 5 nitrogen and oxygen atoms in total. The van der Waals surface area contributed by atoms with Crippen molar-refractivity contribution in [2.75, 3.05) is 11.4 Å². The molecule has 2 saturated heterocycles. The van der Waals surface area contributed by atoms with E-state index in [1.165, 1.54) is 0 Å². The van der Waals surface area contributed by atoms with Gasteiger partial charge in [0, 0.05) is 10.7 Å². The highest BCUT2D eigenvalue weighted by Gasteiger charge is 2.67. The van der Waals surface area contributed by atoms with Gasteiger partial charge in [-0.15, -0.1) is 0 Å². The average molecular weight is 396 g/mol. The van der Waals surface area contributed by atoms with Gasteiger partial charge in [0.1, 0.15) is 18.1 Å². The maximum absolute atomic E-state index is 13.2. The third-order valence-corrected chi connectivity index (χ3v) is 5.95. The van der Waals surface area contributed by atoms with Crippen molar-refractivity contribution in [2.45, 2.75) is 18.3 Å². The minimum atomic E-state index is -0.777. The van der Waals surface area contributed by atoms with Gasteiger partial charge in [0.25, 0.3) is 0 Å². The van der Waals surface area contributed by atoms with Crippen LogP contribution in [0.4, 0.5) is 5.69 Å². The number of anilines is 1. The van der Waals surface area contributed by atoms with Crippen LogP contribution in [0.1, 0.15) is 5.56 Å². The molecule has 0 aromatic heterocycles. The van der Waals surface area contributed by atoms with E-state index in [1.807, 2.05) is 48.6 Å². The Morgan fingerprint density at radius 2 is 2.04 bits per heavy atom. The van der Waals surface area contributed by atoms with Gasteiger partial charge in [-0.05, 0) is 23.8 Å². The Labute approximate surface area is 167 Å². The Bertz CT molecular complexity index is 976. The lowest BCUT2D eigenvalue weighted by Crippen LogP contribution is -2.40. The van der Waals surface area contributed by atoms with E-state index in [0.29, 0.717) is 17.3 Å². The lowest BCUT2D eigenvalue weighted by atomic mass is 9.77. The second kappa shape index (κ2) is 6.47. The van der Waals surface area contributed by atoms with Gasteiger partial charge < -0.3 is 14.4 Å². The van der Waals surface area contributed by atoms with E-state index < -0.39 is 29.5 Å². The van der Waals surface area contributed by atoms with E-state index in [9.17, 15) is 9.59 Å². The van der Waals surface area contributed by atoms with Crippen molar-refractivity contribution >= 4 is 29.2 Å². The molecule has 142 valence electrons. The summed E-state index contributed by atoms with van der Waals surface area (Å²) in [6, 6.07) is 16.6. The van der Waals surface area contributed by atoms with E-state index in [2.05, 4.69) is 0 Å². The van der Waals surface area contributed by atoms with Crippen molar-refractivity contribution in [1.82, 2.24) is 0 Å². The molecule has 2 bridgehead atoms. The average Bonchev–Trinajstić information content (AvgIpc) is 3.35. The van der Waals surface area contributed by atoms with E-state index in [-0.39, 0.29) is 12.5 Å². The number of esters is 1. The number of benzene rings is 2. The molecular formula is C22H18ClNO4. The number of nitrogens with zero attached hydrogens (tertiary/aromatic N) is 1. The first-order chi connectivity index (χ1) is 13.6. The summed E-state index contributed by atoms with van der Waals surface area (Å²) in [5, 5.41) is 0.555. The minimum absolute atomic E-state index is 0.129. The third kappa shape index (κ3) is 2.65. The van der Waals surface area contributed by atoms with Gasteiger partial charge in [0.05, 0.1) is 18.6 Å². The maximum Gasteiger partial charge on any atom is 0.313 e. The molecule has 0 saturated carbocycles. The van der Waals surface area contributed by atoms with Gasteiger partial charge >= 0.3 is 5.97 Å². The highest BCUT2D eigenvalue weighted by Crippen LogP contribution is 2.53. The molecule has 2 aromatic rings. The SMILES string of the molecule is O=C(OCc1ccccc1)[C@H]1[C@@H]2C=C[C@]3(CN(c4cccc(Cl)c4)C(=O)[C@H]13)O2. The lowest BCUT2D eigenvalue weighted by molar-refractivity contribution is -0.153. The Kier molecular flexibility index (Phi) is 4.03. The van der Waals surface area contributed by atoms with Crippen LogP contribution in [0, 0.1) is 11.8 Å². The molecule has 3 aliphatic rings. The lowest BCUT2D eigenvalue weighted by Gasteiger charge is -2.22. The zero-order valence-corrected chi connectivity index (χ0v) is 15.7. The number of carbonyl (C=O) groups excluding carboxylic acids is 2. The summed E-state index contributed by atoms with van der Waals surface area (Å²) in [6.07, 6.45) is 3.38. The quantitative estimate of drug-likeness (QED) is 0.588. The largest absolute Gasteiger partial charge is 0.460 e. The molecule has 3 heterocycles. The van der Waals surface area contributed by atoms with Crippen LogP contribution in [0.5, 0.6) is 0 Å². The first-order valence-electron chi connectivity index (χ1n) is 9.22. The Balaban J connectivity index is 1.39. The molecule has 3 aliphatic heterocycles. The van der Waals surface area contributed by atoms with Crippen LogP contribution in [0.25, 0.3) is 0 Å². The maximum atomic E-state index is 13.2. The van der Waals surface area contributed by atoms with Gasteiger partial charge in [-0.3, -0.25) is 9.59 Å². The van der Waals surface area contributed by atoms with Crippen LogP contribution < -0.4 is 4.90 Å². The second-order valence-corrected chi connectivity index (χ2v) is 7.83. The number of hydrogen-bond acceptors (Lipinski definition) is 4. The first-order valence-corrected chi connectivity index (χ1v) is 9.60. The summed E-state index contributed by atoms with van der Waals surface area (Å²) in [5.74, 6) is -1.74. The van der Waals surface area contributed by atoms with E-state index in [4.69, 9.17) is 21.1 Å². The number of carbonyl (C=O) groups is 2. The molecule has 28 heavy (non-hydrogen) atoms. The van der Waals surface area contributed by atoms with Gasteiger partial charge in [0.2, 0.25) is 5.91 Å². The molecular weight excluding hydrogens is 378 g/mol. The summed E-state index contributed by atoms with van der Waals surface area (Å²) >= 11 is 6.09. The summed E-state index contributed by atoms with van der Waals surface area (Å²) in [6.45, 7) is 0.546. The van der Waals surface area contributed by atoms with Crippen LogP contribution >= 0.6 is 11.6 Å². The van der Waals surface area contributed by atoms with Crippen LogP contribution in [0.2, 0.25) is 5.02 Å². The third-order valence-electron chi connectivity index (χ3n) is 5.72. The topological polar surface area (TPSA) is 55.8 Å². The molecule has 1 amide bonds. The summed E-state index contributed by atoms with van der Waals surface area (Å²) in [4.78, 5) is 27.7. The fraction of sp³-hybridized carbons (Fsp3) is 0.273. The highest BCUT2D eigenvalue weighted by molar-refractivity contribution is 6.31. The molecule has 5 rings (SSSR count). The van der Waals surface area contributed by atoms with Gasteiger partial charge in [-0.25, -0.2) is 0 Å². The number of halogens is 1. The molecule has 2 aromatic carbocycles. The van der Waals surface area contributed by atoms with Crippen molar-refractivity contribution in [3.8, 4) is 0 Å². The fourth-order valence-electron chi connectivity index (χ4n) is 4.45. The summed E-state index contributed by atoms with van der Waals surface area (Å²) < 4.78 is 11.6. The van der Waals surface area contributed by atoms with Gasteiger partial charge in [-0.2, -0.15) is 0 Å². The predicted molar refractivity (Wildman–Crippen MR) is 104 cm³/mol. The van der Waals surface area contributed by atoms with E-state index in [0.717, 1.165) is 5.56 Å². The molecule has 1 spiro atoms. The van der Waals surface area contributed by atoms with Crippen LogP contribution in [0.15, 0.2) is 66.7 Å². The van der Waals surface area contributed by atoms with Crippen LogP contribution in [0.3, 0.4) is 0 Å². The highest BCUT2D eigenvalue weighted by atomic mass is 35.5. The number of hydrogen-bond donors (Lipinski definition) is 0. The van der Waals surface area contributed by atoms with E-state index >= 15 is 0 Å². The molecule has 4 atom stereocenters. The number of amides is 1. The molecule has 6 heteroatoms. The van der Waals surface area contributed by atoms with Gasteiger partial charge in [0.15, 0.2) is 0 Å². The minimum Gasteiger partial charge on any atom is -0.460 e. The van der Waals surface area contributed by atoms with Crippen LogP contribution in [-0.2, 0) is 25.7 Å². The molecule has 2 fully saturated rings. The molecule has 0 unspecified atom stereocenters. The molecule has 0 aliphatic carbocycles. The smallest absolute Gasteiger partial charge is 0.313 e. The summed E-state index contributed by atoms with van der Waals surface area (Å²) in [7, 11) is 0. The summed E-state index contributed by atoms with van der Waals surface area (Å²) in [5.41, 5.74) is 0.835. The Hall–Kier alpha value is -2.63. The monoisotopic (exact) mass is 395 g/mol. The number of fused-ring (bicyclic) bond motifs is 1. The molecule has 0 N–H and O–H groups in total. The van der Waals surface area contributed by atoms with Crippen LogP contribution in [-0.4, -0.2) is 30.1 Å². The second-order valence-electron chi connectivity index (χ2n) is 7.40. The van der Waals surface area contributed by atoms with Gasteiger partial charge in [-0.1, -0.05) is 60.2 Å². The predicted octanol–water partition coefficient (Wildman–Crippen LogP) is 3.37. The molecule has 0 radical (unpaired) electrons. The number of rotatable bonds is 4. The number of ether oxygens (including phenoxy) is 2. The fourth-order valence-corrected chi connectivity index (χ4v) is 4.64. The van der Waals surface area contributed by atoms with Crippen molar-refractivity contribution in [3.05, 3.63) is 77.3 Å². The van der Waals surface area contributed by atoms with Crippen molar-refractivity contribution in [3.63, 3.8) is 0 Å². The zero-order valence-electron chi connectivity index (χ0n) is 15.0. The Morgan fingerprint density at radius 1 is 1.21 bits per heavy atom. The van der Waals surface area contributed by atoms with Crippen molar-refractivity contribution < 1.29 is 19.1 Å². The van der Waals surface area contributed by atoms with E-state index in [1.54, 1.807) is 23.1 Å². The van der Waals surface area contributed by atoms with Crippen molar-refractivity contribution in [2.24, 2.45) is 11.8 Å². The Morgan fingerprint density at radius 3 is 2.82 bits per heavy atom. The standard InChI is InChI=1S/C22H18ClNO4/c23-15-7-4-8-16(11-15)24-13-22-10-9-17(28-22)18(19(22)20(24)25)21(26)27-12-14-5-2-1-3-6-14/h1-11,17-19H,12-13H2/t17-,18-,19-,22+/m0/s1. The van der Waals surface area contributed by atoms with Crippen molar-refractivity contribution in [1.29, 1.82) is 0 Å². The first kappa shape index (κ1) is 17.5.